The van der Waals surface area contributed by atoms with Crippen molar-refractivity contribution in [1.29, 1.82) is 0 Å². The summed E-state index contributed by atoms with van der Waals surface area (Å²) >= 11 is 0. The molecule has 6 atom stereocenters. The van der Waals surface area contributed by atoms with E-state index in [0.29, 0.717) is 18.4 Å². The van der Waals surface area contributed by atoms with E-state index in [-0.39, 0.29) is 34.7 Å². The number of carbonyl (C=O) groups excluding carboxylic acids is 1. The smallest absolute Gasteiger partial charge is 0.254 e. The number of fused-ring (bicyclic) bond motifs is 3. The number of ether oxygens (including phenoxy) is 2. The Balaban J connectivity index is 1.65. The van der Waals surface area contributed by atoms with Gasteiger partial charge >= 0.3 is 0 Å². The molecule has 2 fully saturated rings. The zero-order chi connectivity index (χ0) is 19.9. The van der Waals surface area contributed by atoms with Gasteiger partial charge in [0, 0.05) is 17.9 Å². The van der Waals surface area contributed by atoms with E-state index in [1.165, 1.54) is 11.8 Å². The van der Waals surface area contributed by atoms with Crippen molar-refractivity contribution in [2.24, 2.45) is 23.2 Å². The molecular formula is C23H33NO4. The average molecular weight is 388 g/mol. The second-order valence-corrected chi connectivity index (χ2v) is 9.65. The van der Waals surface area contributed by atoms with E-state index in [2.05, 4.69) is 38.9 Å². The van der Waals surface area contributed by atoms with Gasteiger partial charge in [0.05, 0.1) is 6.61 Å². The lowest BCUT2D eigenvalue weighted by molar-refractivity contribution is -0.133. The van der Waals surface area contributed by atoms with E-state index in [4.69, 9.17) is 14.0 Å². The fourth-order valence-corrected chi connectivity index (χ4v) is 5.47. The summed E-state index contributed by atoms with van der Waals surface area (Å²) < 4.78 is 16.9. The number of aromatic nitrogens is 1. The Labute approximate surface area is 167 Å². The maximum absolute atomic E-state index is 13.5. The van der Waals surface area contributed by atoms with Crippen LogP contribution in [-0.2, 0) is 9.53 Å². The molecular weight excluding hydrogens is 354 g/mol. The number of hydrogen-bond acceptors (Lipinski definition) is 5. The van der Waals surface area contributed by atoms with Gasteiger partial charge in [-0.25, -0.2) is 0 Å². The molecule has 5 nitrogen and oxygen atoms in total. The first-order valence-electron chi connectivity index (χ1n) is 10.7. The number of nitrogens with zero attached hydrogens (tertiary/aromatic N) is 1. The Bertz CT molecular complexity index is 742. The van der Waals surface area contributed by atoms with Crippen LogP contribution >= 0.6 is 0 Å². The zero-order valence-electron chi connectivity index (χ0n) is 17.6. The summed E-state index contributed by atoms with van der Waals surface area (Å²) in [5, 5.41) is 3.89. The minimum atomic E-state index is -0.288. The molecule has 0 amide bonds. The van der Waals surface area contributed by atoms with Gasteiger partial charge in [0.2, 0.25) is 0 Å². The molecule has 1 saturated heterocycles. The van der Waals surface area contributed by atoms with Crippen LogP contribution in [0, 0.1) is 23.2 Å². The van der Waals surface area contributed by atoms with Crippen LogP contribution in [0.2, 0.25) is 0 Å². The molecule has 1 aromatic rings. The summed E-state index contributed by atoms with van der Waals surface area (Å²) in [6, 6.07) is 1.73. The maximum atomic E-state index is 13.5. The highest BCUT2D eigenvalue weighted by Crippen LogP contribution is 2.54. The largest absolute Gasteiger partial charge is 0.475 e. The molecule has 4 rings (SSSR count). The first-order valence-corrected chi connectivity index (χ1v) is 10.7. The normalized spacial score (nSPS) is 43.1. The summed E-state index contributed by atoms with van der Waals surface area (Å²) in [7, 11) is 0. The minimum absolute atomic E-state index is 0.0105. The molecule has 1 aromatic heterocycles. The van der Waals surface area contributed by atoms with Crippen LogP contribution in [0.3, 0.4) is 0 Å². The molecule has 1 aliphatic heterocycles. The van der Waals surface area contributed by atoms with E-state index < -0.39 is 0 Å². The minimum Gasteiger partial charge on any atom is -0.475 e. The molecule has 154 valence electrons. The van der Waals surface area contributed by atoms with Gasteiger partial charge in [-0.1, -0.05) is 25.5 Å². The number of rotatable bonds is 3. The fourth-order valence-electron chi connectivity index (χ4n) is 5.47. The average Bonchev–Trinajstić information content (AvgIpc) is 3.07. The predicted molar refractivity (Wildman–Crippen MR) is 106 cm³/mol. The molecule has 0 unspecified atom stereocenters. The van der Waals surface area contributed by atoms with Crippen molar-refractivity contribution < 1.29 is 18.8 Å². The van der Waals surface area contributed by atoms with Crippen LogP contribution in [0.4, 0.5) is 0 Å². The van der Waals surface area contributed by atoms with Crippen LogP contribution in [0.5, 0.6) is 5.88 Å². The molecule has 2 bridgehead atoms. The summed E-state index contributed by atoms with van der Waals surface area (Å²) in [6.45, 7) is 9.53. The van der Waals surface area contributed by atoms with Crippen molar-refractivity contribution in [2.75, 3.05) is 6.61 Å². The lowest BCUT2D eigenvalue weighted by atomic mass is 9.55. The summed E-state index contributed by atoms with van der Waals surface area (Å²) in [6.07, 6.45) is 9.67. The van der Waals surface area contributed by atoms with Gasteiger partial charge in [-0.15, -0.1) is 0 Å². The van der Waals surface area contributed by atoms with E-state index in [1.54, 1.807) is 6.07 Å². The predicted octanol–water partition coefficient (Wildman–Crippen LogP) is 4.97. The van der Waals surface area contributed by atoms with Gasteiger partial charge in [0.1, 0.15) is 18.0 Å². The SMILES string of the molecule is C/C1=C\CC[C@@]2(C)O[C@@H]2C(=O)[C@@H]2CC[C@@H](C)[C@](C)(CC1)[C@H]2COc1ccon1. The highest BCUT2D eigenvalue weighted by molar-refractivity contribution is 5.89. The van der Waals surface area contributed by atoms with Crippen molar-refractivity contribution in [3.63, 3.8) is 0 Å². The Morgan fingerprint density at radius 1 is 1.29 bits per heavy atom. The molecule has 5 heteroatoms. The van der Waals surface area contributed by atoms with E-state index in [0.717, 1.165) is 38.5 Å². The monoisotopic (exact) mass is 387 g/mol. The molecule has 0 radical (unpaired) electrons. The molecule has 2 heterocycles. The van der Waals surface area contributed by atoms with E-state index in [9.17, 15) is 4.79 Å². The molecule has 3 aliphatic rings. The Kier molecular flexibility index (Phi) is 5.15. The van der Waals surface area contributed by atoms with Crippen LogP contribution < -0.4 is 4.74 Å². The molecule has 0 N–H and O–H groups in total. The van der Waals surface area contributed by atoms with Crippen molar-refractivity contribution in [1.82, 2.24) is 5.16 Å². The number of Topliss-reactive ketones (excluding diaryl/α,β-unsaturated/α-hetero) is 1. The maximum Gasteiger partial charge on any atom is 0.254 e. The topological polar surface area (TPSA) is 64.9 Å². The molecule has 1 saturated carbocycles. The first-order chi connectivity index (χ1) is 13.3. The third-order valence-electron chi connectivity index (χ3n) is 7.89. The van der Waals surface area contributed by atoms with Crippen molar-refractivity contribution in [2.45, 2.75) is 77.9 Å². The number of hydrogen-bond donors (Lipinski definition) is 0. The third-order valence-corrected chi connectivity index (χ3v) is 7.89. The Hall–Kier alpha value is -1.62. The van der Waals surface area contributed by atoms with Crippen molar-refractivity contribution in [3.8, 4) is 5.88 Å². The van der Waals surface area contributed by atoms with Crippen LogP contribution in [0.15, 0.2) is 28.5 Å². The number of carbonyl (C=O) groups is 1. The van der Waals surface area contributed by atoms with Crippen LogP contribution in [0.25, 0.3) is 0 Å². The summed E-state index contributed by atoms with van der Waals surface area (Å²) in [4.78, 5) is 13.5. The zero-order valence-corrected chi connectivity index (χ0v) is 17.6. The number of epoxide rings is 1. The van der Waals surface area contributed by atoms with Gasteiger partial charge in [-0.3, -0.25) is 4.79 Å². The summed E-state index contributed by atoms with van der Waals surface area (Å²) in [5.74, 6) is 1.47. The number of ketones is 1. The molecule has 2 aliphatic carbocycles. The molecule has 0 aromatic carbocycles. The second kappa shape index (κ2) is 7.33. The van der Waals surface area contributed by atoms with Gasteiger partial charge < -0.3 is 14.0 Å². The van der Waals surface area contributed by atoms with Crippen molar-refractivity contribution in [3.05, 3.63) is 24.0 Å². The van der Waals surface area contributed by atoms with Gasteiger partial charge in [0.15, 0.2) is 5.78 Å². The lowest BCUT2D eigenvalue weighted by Gasteiger charge is -2.50. The quantitative estimate of drug-likeness (QED) is 0.541. The number of allylic oxidation sites excluding steroid dienone is 2. The summed E-state index contributed by atoms with van der Waals surface area (Å²) in [5.41, 5.74) is 1.20. The van der Waals surface area contributed by atoms with Crippen molar-refractivity contribution >= 4 is 5.78 Å². The van der Waals surface area contributed by atoms with Gasteiger partial charge in [0.25, 0.3) is 5.88 Å². The standard InChI is InChI=1S/C23H33NO4/c1-15-6-5-11-23(4)21(28-23)20(25)17-8-7-16(2)22(3,12-9-15)18(17)14-26-19-10-13-27-24-19/h6,10,13,16-18,21H,5,7-9,11-12,14H2,1-4H3/b15-6+/t16-,17-,18+,21-,22+,23-/m1/s1. The molecule has 0 spiro atoms. The highest BCUT2D eigenvalue weighted by Gasteiger charge is 2.60. The first kappa shape index (κ1) is 19.7. The second-order valence-electron chi connectivity index (χ2n) is 9.65. The Morgan fingerprint density at radius 3 is 2.86 bits per heavy atom. The third kappa shape index (κ3) is 3.54. The van der Waals surface area contributed by atoms with E-state index in [1.807, 2.05) is 0 Å². The molecule has 28 heavy (non-hydrogen) atoms. The highest BCUT2D eigenvalue weighted by atomic mass is 16.6. The van der Waals surface area contributed by atoms with Crippen LogP contribution in [-0.4, -0.2) is 29.3 Å². The van der Waals surface area contributed by atoms with Gasteiger partial charge in [-0.05, 0) is 68.9 Å². The van der Waals surface area contributed by atoms with Gasteiger partial charge in [-0.2, -0.15) is 0 Å². The Morgan fingerprint density at radius 2 is 2.11 bits per heavy atom. The lowest BCUT2D eigenvalue weighted by Crippen LogP contribution is -2.49. The van der Waals surface area contributed by atoms with E-state index >= 15 is 0 Å². The van der Waals surface area contributed by atoms with Crippen LogP contribution in [0.1, 0.15) is 66.2 Å². The fraction of sp³-hybridized carbons (Fsp3) is 0.739.